The summed E-state index contributed by atoms with van der Waals surface area (Å²) in [7, 11) is 4.18. The van der Waals surface area contributed by atoms with Crippen molar-refractivity contribution in [2.24, 2.45) is 0 Å². The SMILES string of the molecule is C=C([SiH3])C(OC)(OC)N(CC)CC. The summed E-state index contributed by atoms with van der Waals surface area (Å²) < 4.78 is 10.9. The van der Waals surface area contributed by atoms with E-state index in [9.17, 15) is 0 Å². The second-order valence-corrected chi connectivity index (χ2v) is 4.15. The van der Waals surface area contributed by atoms with Crippen LogP contribution in [0.15, 0.2) is 11.8 Å². The number of methoxy groups -OCH3 is 2. The summed E-state index contributed by atoms with van der Waals surface area (Å²) in [5, 5.41) is 1.00. The van der Waals surface area contributed by atoms with Crippen molar-refractivity contribution in [2.75, 3.05) is 27.3 Å². The van der Waals surface area contributed by atoms with Crippen LogP contribution < -0.4 is 0 Å². The first-order valence-electron chi connectivity index (χ1n) is 4.60. The average molecular weight is 203 g/mol. The van der Waals surface area contributed by atoms with Gasteiger partial charge in [0.15, 0.2) is 0 Å². The number of likely N-dealkylation sites (N-methyl/N-ethyl adjacent to an activating group) is 1. The molecule has 0 unspecified atom stereocenters. The first-order valence-corrected chi connectivity index (χ1v) is 5.60. The Morgan fingerprint density at radius 3 is 1.77 bits per heavy atom. The fourth-order valence-corrected chi connectivity index (χ4v) is 2.32. The zero-order chi connectivity index (χ0) is 10.5. The Labute approximate surface area is 84.1 Å². The van der Waals surface area contributed by atoms with E-state index in [-0.39, 0.29) is 0 Å². The largest absolute Gasteiger partial charge is 0.337 e. The standard InChI is InChI=1S/C9H21NO2Si/c1-6-10(7-2)9(11-4,12-5)8(3)13/h3,6-7H2,1-2,4-5,13H3. The van der Waals surface area contributed by atoms with Gasteiger partial charge in [0.1, 0.15) is 0 Å². The molecular formula is C9H21NO2Si. The predicted molar refractivity (Wildman–Crippen MR) is 58.7 cm³/mol. The molecule has 13 heavy (non-hydrogen) atoms. The molecule has 0 heterocycles. The highest BCUT2D eigenvalue weighted by molar-refractivity contribution is 6.22. The molecule has 0 rings (SSSR count). The zero-order valence-electron chi connectivity index (χ0n) is 9.39. The molecule has 0 saturated heterocycles. The van der Waals surface area contributed by atoms with Gasteiger partial charge in [-0.05, 0) is 5.20 Å². The van der Waals surface area contributed by atoms with Gasteiger partial charge < -0.3 is 9.47 Å². The van der Waals surface area contributed by atoms with Crippen molar-refractivity contribution in [3.63, 3.8) is 0 Å². The molecule has 0 aliphatic carbocycles. The third-order valence-corrected chi connectivity index (χ3v) is 2.90. The van der Waals surface area contributed by atoms with E-state index in [4.69, 9.17) is 9.47 Å². The maximum absolute atomic E-state index is 5.43. The molecule has 0 N–H and O–H groups in total. The number of hydrogen-bond donors (Lipinski definition) is 0. The van der Waals surface area contributed by atoms with Gasteiger partial charge in [-0.25, -0.2) is 4.90 Å². The van der Waals surface area contributed by atoms with Crippen molar-refractivity contribution in [2.45, 2.75) is 19.8 Å². The third kappa shape index (κ3) is 2.40. The summed E-state index contributed by atoms with van der Waals surface area (Å²) in [5.41, 5.74) is 0. The van der Waals surface area contributed by atoms with Crippen LogP contribution in [0.4, 0.5) is 0 Å². The zero-order valence-corrected chi connectivity index (χ0v) is 11.4. The van der Waals surface area contributed by atoms with E-state index in [0.29, 0.717) is 0 Å². The first kappa shape index (κ1) is 12.8. The summed E-state index contributed by atoms with van der Waals surface area (Å²) >= 11 is 0. The minimum Gasteiger partial charge on any atom is -0.337 e. The Kier molecular flexibility index (Phi) is 5.47. The molecule has 0 atom stereocenters. The van der Waals surface area contributed by atoms with E-state index >= 15 is 0 Å². The molecule has 0 amide bonds. The van der Waals surface area contributed by atoms with Crippen LogP contribution in [0.1, 0.15) is 13.8 Å². The highest BCUT2D eigenvalue weighted by atomic mass is 28.1. The number of hydrogen-bond acceptors (Lipinski definition) is 3. The number of ether oxygens (including phenoxy) is 2. The van der Waals surface area contributed by atoms with E-state index in [0.717, 1.165) is 28.5 Å². The van der Waals surface area contributed by atoms with Gasteiger partial charge in [-0.2, -0.15) is 0 Å². The molecule has 78 valence electrons. The molecule has 0 aromatic carbocycles. The molecule has 0 aliphatic rings. The highest BCUT2D eigenvalue weighted by Crippen LogP contribution is 2.23. The smallest absolute Gasteiger partial charge is 0.248 e. The van der Waals surface area contributed by atoms with Crippen LogP contribution >= 0.6 is 0 Å². The Bertz CT molecular complexity index is 165. The van der Waals surface area contributed by atoms with Gasteiger partial charge in [0, 0.05) is 37.6 Å². The van der Waals surface area contributed by atoms with Crippen molar-refractivity contribution >= 4 is 10.2 Å². The van der Waals surface area contributed by atoms with E-state index in [1.54, 1.807) is 14.2 Å². The highest BCUT2D eigenvalue weighted by Gasteiger charge is 2.36. The molecule has 0 spiro atoms. The summed E-state index contributed by atoms with van der Waals surface area (Å²) in [4.78, 5) is 2.11. The van der Waals surface area contributed by atoms with Crippen LogP contribution in [0.5, 0.6) is 0 Å². The van der Waals surface area contributed by atoms with Gasteiger partial charge >= 0.3 is 0 Å². The van der Waals surface area contributed by atoms with E-state index in [2.05, 4.69) is 25.3 Å². The quantitative estimate of drug-likeness (QED) is 0.453. The lowest BCUT2D eigenvalue weighted by Gasteiger charge is -2.40. The van der Waals surface area contributed by atoms with Gasteiger partial charge in [0.25, 0.3) is 0 Å². The maximum atomic E-state index is 5.43. The van der Waals surface area contributed by atoms with Gasteiger partial charge in [0.2, 0.25) is 5.91 Å². The van der Waals surface area contributed by atoms with E-state index in [1.807, 2.05) is 0 Å². The van der Waals surface area contributed by atoms with E-state index in [1.165, 1.54) is 0 Å². The third-order valence-electron chi connectivity index (χ3n) is 2.27. The Hall–Kier alpha value is -0.163. The molecule has 0 aromatic rings. The molecule has 0 aliphatic heterocycles. The predicted octanol–water partition coefficient (Wildman–Crippen LogP) is 0.154. The van der Waals surface area contributed by atoms with Gasteiger partial charge in [0.05, 0.1) is 0 Å². The molecule has 0 saturated carbocycles. The van der Waals surface area contributed by atoms with Gasteiger partial charge in [-0.3, -0.25) is 0 Å². The van der Waals surface area contributed by atoms with Gasteiger partial charge in [-0.15, -0.1) is 0 Å². The summed E-state index contributed by atoms with van der Waals surface area (Å²) in [6, 6.07) is 0. The van der Waals surface area contributed by atoms with Crippen LogP contribution in [-0.2, 0) is 9.47 Å². The van der Waals surface area contributed by atoms with Gasteiger partial charge in [-0.1, -0.05) is 20.4 Å². The molecule has 0 radical (unpaired) electrons. The van der Waals surface area contributed by atoms with Crippen molar-refractivity contribution < 1.29 is 9.47 Å². The monoisotopic (exact) mass is 203 g/mol. The fraction of sp³-hybridized carbons (Fsp3) is 0.778. The second-order valence-electron chi connectivity index (χ2n) is 2.94. The minimum absolute atomic E-state index is 0.699. The lowest BCUT2D eigenvalue weighted by atomic mass is 10.3. The molecule has 3 nitrogen and oxygen atoms in total. The molecule has 0 aromatic heterocycles. The molecule has 0 bridgehead atoms. The first-order chi connectivity index (χ1) is 6.08. The Morgan fingerprint density at radius 1 is 1.31 bits per heavy atom. The lowest BCUT2D eigenvalue weighted by molar-refractivity contribution is -0.262. The van der Waals surface area contributed by atoms with Crippen LogP contribution in [0, 0.1) is 0 Å². The van der Waals surface area contributed by atoms with E-state index < -0.39 is 5.91 Å². The van der Waals surface area contributed by atoms with Crippen LogP contribution in [-0.4, -0.2) is 48.4 Å². The number of rotatable bonds is 6. The Morgan fingerprint density at radius 2 is 1.69 bits per heavy atom. The minimum atomic E-state index is -0.699. The Balaban J connectivity index is 4.82. The van der Waals surface area contributed by atoms with Crippen molar-refractivity contribution in [1.29, 1.82) is 0 Å². The molecule has 0 fully saturated rings. The summed E-state index contributed by atoms with van der Waals surface area (Å²) in [6.07, 6.45) is 0. The maximum Gasteiger partial charge on any atom is 0.248 e. The van der Waals surface area contributed by atoms with Crippen LogP contribution in [0.3, 0.4) is 0 Å². The number of nitrogens with zero attached hydrogens (tertiary/aromatic N) is 1. The van der Waals surface area contributed by atoms with Crippen molar-refractivity contribution in [3.05, 3.63) is 11.8 Å². The lowest BCUT2D eigenvalue weighted by Crippen LogP contribution is -2.53. The topological polar surface area (TPSA) is 21.7 Å². The fourth-order valence-electron chi connectivity index (χ4n) is 1.60. The van der Waals surface area contributed by atoms with Crippen molar-refractivity contribution in [1.82, 2.24) is 4.90 Å². The molecule has 4 heteroatoms. The van der Waals surface area contributed by atoms with Crippen LogP contribution in [0.2, 0.25) is 0 Å². The van der Waals surface area contributed by atoms with Crippen LogP contribution in [0.25, 0.3) is 0 Å². The normalized spacial score (nSPS) is 12.4. The molecular weight excluding hydrogens is 182 g/mol. The van der Waals surface area contributed by atoms with Crippen molar-refractivity contribution in [3.8, 4) is 0 Å². The summed E-state index contributed by atoms with van der Waals surface area (Å²) in [5.74, 6) is -0.699. The summed E-state index contributed by atoms with van der Waals surface area (Å²) in [6.45, 7) is 9.90. The average Bonchev–Trinajstić information content (AvgIpc) is 2.13. The second kappa shape index (κ2) is 5.54.